The molecule has 0 amide bonds. The van der Waals surface area contributed by atoms with Gasteiger partial charge in [0, 0.05) is 6.42 Å². The van der Waals surface area contributed by atoms with Crippen molar-refractivity contribution >= 4 is 0 Å². The molecule has 0 spiro atoms. The average Bonchev–Trinajstić information content (AvgIpc) is 2.85. The van der Waals surface area contributed by atoms with Gasteiger partial charge in [0.1, 0.15) is 12.4 Å². The minimum Gasteiger partial charge on any atom is -0.497 e. The molecule has 0 bridgehead atoms. The lowest BCUT2D eigenvalue weighted by molar-refractivity contribution is 0.141. The second-order valence-electron chi connectivity index (χ2n) is 3.20. The Labute approximate surface area is 76.3 Å². The molecule has 70 valence electrons. The minimum absolute atomic E-state index is 0.221. The zero-order valence-electron chi connectivity index (χ0n) is 7.42. The van der Waals surface area contributed by atoms with Crippen molar-refractivity contribution in [1.29, 1.82) is 0 Å². The van der Waals surface area contributed by atoms with Gasteiger partial charge in [-0.3, -0.25) is 0 Å². The Balaban J connectivity index is 2.05. The number of hydrogen-bond donors (Lipinski definition) is 0. The first-order valence-electron chi connectivity index (χ1n) is 4.18. The van der Waals surface area contributed by atoms with E-state index < -0.39 is 5.85 Å². The first-order valence-corrected chi connectivity index (χ1v) is 4.18. The maximum Gasteiger partial charge on any atom is 0.237 e. The van der Waals surface area contributed by atoms with Crippen LogP contribution in [0.3, 0.4) is 0 Å². The minimum atomic E-state index is -1.39. The van der Waals surface area contributed by atoms with Crippen LogP contribution in [0.25, 0.3) is 0 Å². The summed E-state index contributed by atoms with van der Waals surface area (Å²) in [5.41, 5.74) is 0.931. The molecular formula is C10H11FO2. The lowest BCUT2D eigenvalue weighted by atomic mass is 10.1. The number of benzene rings is 1. The molecule has 2 rings (SSSR count). The van der Waals surface area contributed by atoms with Gasteiger partial charge in [-0.05, 0) is 17.7 Å². The molecule has 0 aromatic heterocycles. The molecule has 1 aliphatic heterocycles. The summed E-state index contributed by atoms with van der Waals surface area (Å²) in [5, 5.41) is 0. The Kier molecular flexibility index (Phi) is 1.96. The van der Waals surface area contributed by atoms with Crippen molar-refractivity contribution in [2.75, 3.05) is 13.7 Å². The van der Waals surface area contributed by atoms with Crippen molar-refractivity contribution in [2.45, 2.75) is 12.3 Å². The van der Waals surface area contributed by atoms with Crippen molar-refractivity contribution in [3.05, 3.63) is 29.8 Å². The molecule has 0 radical (unpaired) electrons. The standard InChI is InChI=1S/C10H11FO2/c1-12-9-4-2-8(3-5-9)6-10(11)7-13-10/h2-5H,6-7H2,1H3. The topological polar surface area (TPSA) is 21.8 Å². The highest BCUT2D eigenvalue weighted by molar-refractivity contribution is 5.28. The number of epoxide rings is 1. The summed E-state index contributed by atoms with van der Waals surface area (Å²) in [5.74, 6) is -0.609. The maximum atomic E-state index is 13.1. The lowest BCUT2D eigenvalue weighted by Gasteiger charge is -2.03. The van der Waals surface area contributed by atoms with Crippen LogP contribution in [0, 0.1) is 0 Å². The average molecular weight is 182 g/mol. The fraction of sp³-hybridized carbons (Fsp3) is 0.400. The third kappa shape index (κ3) is 1.98. The van der Waals surface area contributed by atoms with Crippen LogP contribution in [-0.2, 0) is 11.2 Å². The van der Waals surface area contributed by atoms with Crippen LogP contribution in [0.1, 0.15) is 5.56 Å². The smallest absolute Gasteiger partial charge is 0.237 e. The summed E-state index contributed by atoms with van der Waals surface area (Å²) in [6.07, 6.45) is 0.330. The predicted molar refractivity (Wildman–Crippen MR) is 46.5 cm³/mol. The molecule has 3 heteroatoms. The molecular weight excluding hydrogens is 171 g/mol. The fourth-order valence-electron chi connectivity index (χ4n) is 1.23. The first kappa shape index (κ1) is 8.51. The fourth-order valence-corrected chi connectivity index (χ4v) is 1.23. The SMILES string of the molecule is COc1ccc(CC2(F)CO2)cc1. The molecule has 2 nitrogen and oxygen atoms in total. The normalized spacial score (nSPS) is 25.7. The summed E-state index contributed by atoms with van der Waals surface area (Å²) < 4.78 is 22.8. The van der Waals surface area contributed by atoms with Gasteiger partial charge >= 0.3 is 0 Å². The number of ether oxygens (including phenoxy) is 2. The van der Waals surface area contributed by atoms with Crippen LogP contribution in [0.15, 0.2) is 24.3 Å². The van der Waals surface area contributed by atoms with Crippen LogP contribution in [0.5, 0.6) is 5.75 Å². The van der Waals surface area contributed by atoms with Gasteiger partial charge in [0.25, 0.3) is 0 Å². The van der Waals surface area contributed by atoms with E-state index >= 15 is 0 Å². The highest BCUT2D eigenvalue weighted by Crippen LogP contribution is 2.32. The quantitative estimate of drug-likeness (QED) is 0.666. The molecule has 1 aliphatic rings. The number of halogens is 1. The predicted octanol–water partition coefficient (Wildman–Crippen LogP) is 1.93. The zero-order valence-corrected chi connectivity index (χ0v) is 7.42. The molecule has 0 aliphatic carbocycles. The Bertz CT molecular complexity index is 290. The molecule has 1 saturated heterocycles. The van der Waals surface area contributed by atoms with E-state index in [4.69, 9.17) is 4.74 Å². The van der Waals surface area contributed by atoms with E-state index in [1.165, 1.54) is 0 Å². The van der Waals surface area contributed by atoms with Gasteiger partial charge in [-0.15, -0.1) is 0 Å². The van der Waals surface area contributed by atoms with Gasteiger partial charge < -0.3 is 9.47 Å². The Hall–Kier alpha value is -1.09. The molecule has 1 fully saturated rings. The highest BCUT2D eigenvalue weighted by Gasteiger charge is 2.45. The summed E-state index contributed by atoms with van der Waals surface area (Å²) in [4.78, 5) is 0. The second-order valence-corrected chi connectivity index (χ2v) is 3.20. The van der Waals surface area contributed by atoms with Gasteiger partial charge in [0.05, 0.1) is 7.11 Å². The summed E-state index contributed by atoms with van der Waals surface area (Å²) in [7, 11) is 1.61. The Morgan fingerprint density at radius 3 is 2.54 bits per heavy atom. The lowest BCUT2D eigenvalue weighted by Crippen LogP contribution is -2.06. The molecule has 13 heavy (non-hydrogen) atoms. The van der Waals surface area contributed by atoms with E-state index in [9.17, 15) is 4.39 Å². The Morgan fingerprint density at radius 2 is 2.08 bits per heavy atom. The van der Waals surface area contributed by atoms with Gasteiger partial charge in [0.15, 0.2) is 0 Å². The van der Waals surface area contributed by atoms with Crippen molar-refractivity contribution in [1.82, 2.24) is 0 Å². The highest BCUT2D eigenvalue weighted by atomic mass is 19.2. The van der Waals surface area contributed by atoms with E-state index in [0.717, 1.165) is 11.3 Å². The molecule has 1 aromatic rings. The maximum absolute atomic E-state index is 13.1. The summed E-state index contributed by atoms with van der Waals surface area (Å²) >= 11 is 0. The molecule has 0 N–H and O–H groups in total. The van der Waals surface area contributed by atoms with Crippen molar-refractivity contribution in [2.24, 2.45) is 0 Å². The number of methoxy groups -OCH3 is 1. The van der Waals surface area contributed by atoms with E-state index in [1.807, 2.05) is 24.3 Å². The van der Waals surface area contributed by atoms with E-state index in [2.05, 4.69) is 4.74 Å². The van der Waals surface area contributed by atoms with Crippen molar-refractivity contribution in [3.63, 3.8) is 0 Å². The van der Waals surface area contributed by atoms with E-state index in [0.29, 0.717) is 6.42 Å². The van der Waals surface area contributed by atoms with E-state index in [1.54, 1.807) is 7.11 Å². The molecule has 1 heterocycles. The van der Waals surface area contributed by atoms with Gasteiger partial charge in [-0.2, -0.15) is 0 Å². The third-order valence-electron chi connectivity index (χ3n) is 2.08. The van der Waals surface area contributed by atoms with E-state index in [-0.39, 0.29) is 6.61 Å². The second kappa shape index (κ2) is 3.00. The number of alkyl halides is 1. The molecule has 1 atom stereocenters. The molecule has 0 saturated carbocycles. The van der Waals surface area contributed by atoms with Crippen LogP contribution in [0.4, 0.5) is 4.39 Å². The number of rotatable bonds is 3. The zero-order chi connectivity index (χ0) is 9.31. The Morgan fingerprint density at radius 1 is 1.46 bits per heavy atom. The van der Waals surface area contributed by atoms with Gasteiger partial charge in [-0.1, -0.05) is 12.1 Å². The van der Waals surface area contributed by atoms with Crippen LogP contribution in [-0.4, -0.2) is 19.6 Å². The monoisotopic (exact) mass is 182 g/mol. The van der Waals surface area contributed by atoms with Gasteiger partial charge in [0.2, 0.25) is 5.85 Å². The van der Waals surface area contributed by atoms with Crippen molar-refractivity contribution < 1.29 is 13.9 Å². The van der Waals surface area contributed by atoms with Gasteiger partial charge in [-0.25, -0.2) is 4.39 Å². The number of hydrogen-bond acceptors (Lipinski definition) is 2. The van der Waals surface area contributed by atoms with Crippen molar-refractivity contribution in [3.8, 4) is 5.75 Å². The third-order valence-corrected chi connectivity index (χ3v) is 2.08. The van der Waals surface area contributed by atoms with Crippen LogP contribution < -0.4 is 4.74 Å². The van der Waals surface area contributed by atoms with Crippen LogP contribution >= 0.6 is 0 Å². The largest absolute Gasteiger partial charge is 0.497 e. The summed E-state index contributed by atoms with van der Waals surface area (Å²) in [6.45, 7) is 0.221. The first-order chi connectivity index (χ1) is 6.22. The molecule has 1 aromatic carbocycles. The summed E-state index contributed by atoms with van der Waals surface area (Å²) in [6, 6.07) is 7.34. The molecule has 1 unspecified atom stereocenters. The van der Waals surface area contributed by atoms with Crippen LogP contribution in [0.2, 0.25) is 0 Å².